The van der Waals surface area contributed by atoms with Crippen molar-refractivity contribution < 1.29 is 17.9 Å². The Labute approximate surface area is 204 Å². The highest BCUT2D eigenvalue weighted by Crippen LogP contribution is 2.58. The molecule has 186 valence electrons. The summed E-state index contributed by atoms with van der Waals surface area (Å²) in [5.41, 5.74) is 0.798. The van der Waals surface area contributed by atoms with Gasteiger partial charge >= 0.3 is 6.18 Å². The molecule has 1 heterocycles. The van der Waals surface area contributed by atoms with Gasteiger partial charge in [0.05, 0.1) is 12.2 Å². The van der Waals surface area contributed by atoms with Crippen LogP contribution in [0.2, 0.25) is 0 Å². The van der Waals surface area contributed by atoms with E-state index in [1.165, 1.54) is 11.6 Å². The fourth-order valence-corrected chi connectivity index (χ4v) is 6.15. The first-order valence-electron chi connectivity index (χ1n) is 12.6. The molecule has 3 aromatic rings. The third-order valence-electron chi connectivity index (χ3n) is 8.29. The molecule has 0 radical (unpaired) electrons. The molecule has 3 aliphatic rings. The summed E-state index contributed by atoms with van der Waals surface area (Å²) in [4.78, 5) is 0. The minimum Gasteiger partial charge on any atom is -0.494 e. The van der Waals surface area contributed by atoms with Crippen LogP contribution in [-0.4, -0.2) is 21.4 Å². The molecular weight excluding hydrogens is 451 g/mol. The Bertz CT molecular complexity index is 1160. The standard InChI is InChI=1S/C28H32F3N3O/c1-3-4-18-35-21-10-11-22(23(19-21)28(29,30)31)24-32-33-25(34(24)2)27-15-12-26(13-16-27,14-17-27)20-8-6-5-7-9-20/h5-11,19H,3-4,12-18H2,1-2H3. The molecule has 3 aliphatic carbocycles. The Balaban J connectivity index is 1.44. The van der Waals surface area contributed by atoms with Gasteiger partial charge in [0.2, 0.25) is 0 Å². The van der Waals surface area contributed by atoms with E-state index in [0.29, 0.717) is 6.61 Å². The van der Waals surface area contributed by atoms with E-state index in [0.717, 1.165) is 63.3 Å². The number of benzene rings is 2. The first-order valence-corrected chi connectivity index (χ1v) is 12.6. The predicted molar refractivity (Wildman–Crippen MR) is 129 cm³/mol. The second-order valence-corrected chi connectivity index (χ2v) is 10.2. The molecule has 35 heavy (non-hydrogen) atoms. The first kappa shape index (κ1) is 23.9. The van der Waals surface area contributed by atoms with Crippen LogP contribution < -0.4 is 4.74 Å². The summed E-state index contributed by atoms with van der Waals surface area (Å²) in [7, 11) is 1.80. The number of fused-ring (bicyclic) bond motifs is 3. The molecule has 1 aromatic heterocycles. The highest BCUT2D eigenvalue weighted by molar-refractivity contribution is 5.63. The lowest BCUT2D eigenvalue weighted by molar-refractivity contribution is -0.137. The molecule has 0 N–H and O–H groups in total. The summed E-state index contributed by atoms with van der Waals surface area (Å²) in [5.74, 6) is 1.30. The van der Waals surface area contributed by atoms with Crippen LogP contribution in [0.25, 0.3) is 11.4 Å². The van der Waals surface area contributed by atoms with Crippen molar-refractivity contribution in [1.29, 1.82) is 0 Å². The van der Waals surface area contributed by atoms with E-state index >= 15 is 0 Å². The lowest BCUT2D eigenvalue weighted by atomic mass is 9.51. The van der Waals surface area contributed by atoms with Crippen molar-refractivity contribution in [3.05, 3.63) is 65.5 Å². The van der Waals surface area contributed by atoms with Crippen LogP contribution in [0.15, 0.2) is 48.5 Å². The Morgan fingerprint density at radius 3 is 2.20 bits per heavy atom. The number of rotatable bonds is 7. The number of unbranched alkanes of at least 4 members (excludes halogenated alkanes) is 1. The second kappa shape index (κ2) is 8.99. The van der Waals surface area contributed by atoms with Crippen molar-refractivity contribution in [2.45, 2.75) is 75.3 Å². The number of hydrogen-bond acceptors (Lipinski definition) is 3. The van der Waals surface area contributed by atoms with Gasteiger partial charge in [-0.1, -0.05) is 43.7 Å². The van der Waals surface area contributed by atoms with Gasteiger partial charge in [0.25, 0.3) is 0 Å². The Hall–Kier alpha value is -2.83. The Morgan fingerprint density at radius 1 is 0.914 bits per heavy atom. The normalized spacial score (nSPS) is 24.0. The zero-order valence-corrected chi connectivity index (χ0v) is 20.4. The van der Waals surface area contributed by atoms with Crippen LogP contribution in [0.5, 0.6) is 5.75 Å². The van der Waals surface area contributed by atoms with Crippen molar-refractivity contribution in [2.24, 2.45) is 7.05 Å². The highest BCUT2D eigenvalue weighted by atomic mass is 19.4. The largest absolute Gasteiger partial charge is 0.494 e. The molecule has 3 saturated carbocycles. The quantitative estimate of drug-likeness (QED) is 0.333. The number of halogens is 3. The summed E-state index contributed by atoms with van der Waals surface area (Å²) in [6.45, 7) is 2.41. The van der Waals surface area contributed by atoms with Gasteiger partial charge in [0.1, 0.15) is 11.6 Å². The number of hydrogen-bond donors (Lipinski definition) is 0. The minimum atomic E-state index is -4.52. The van der Waals surface area contributed by atoms with Crippen molar-refractivity contribution in [2.75, 3.05) is 6.61 Å². The zero-order chi connectivity index (χ0) is 24.7. The molecule has 2 aromatic carbocycles. The lowest BCUT2D eigenvalue weighted by Crippen LogP contribution is -2.47. The van der Waals surface area contributed by atoms with Gasteiger partial charge < -0.3 is 9.30 Å². The van der Waals surface area contributed by atoms with Crippen LogP contribution in [0, 0.1) is 0 Å². The average molecular weight is 484 g/mol. The van der Waals surface area contributed by atoms with Crippen molar-refractivity contribution in [3.8, 4) is 17.1 Å². The maximum absolute atomic E-state index is 14.0. The van der Waals surface area contributed by atoms with Crippen LogP contribution in [-0.2, 0) is 24.1 Å². The Morgan fingerprint density at radius 2 is 1.57 bits per heavy atom. The van der Waals surface area contributed by atoms with E-state index in [-0.39, 0.29) is 28.0 Å². The van der Waals surface area contributed by atoms with Crippen molar-refractivity contribution in [1.82, 2.24) is 14.8 Å². The highest BCUT2D eigenvalue weighted by Gasteiger charge is 2.52. The number of alkyl halides is 3. The third kappa shape index (κ3) is 4.23. The van der Waals surface area contributed by atoms with Gasteiger partial charge in [-0.15, -0.1) is 10.2 Å². The summed E-state index contributed by atoms with van der Waals surface area (Å²) < 4.78 is 49.4. The zero-order valence-electron chi connectivity index (χ0n) is 20.4. The molecule has 0 saturated heterocycles. The Kier molecular flexibility index (Phi) is 6.14. The molecule has 7 heteroatoms. The average Bonchev–Trinajstić information content (AvgIpc) is 3.27. The SMILES string of the molecule is CCCCOc1ccc(-c2nnc(C34CCC(c5ccccc5)(CC3)CC4)n2C)c(C(F)(F)F)c1. The molecule has 0 aliphatic heterocycles. The fourth-order valence-electron chi connectivity index (χ4n) is 6.15. The van der Waals surface area contributed by atoms with Crippen molar-refractivity contribution >= 4 is 0 Å². The first-order chi connectivity index (χ1) is 16.8. The van der Waals surface area contributed by atoms with E-state index < -0.39 is 11.7 Å². The van der Waals surface area contributed by atoms with Crippen molar-refractivity contribution in [3.63, 3.8) is 0 Å². The molecular formula is C28H32F3N3O. The smallest absolute Gasteiger partial charge is 0.417 e. The molecule has 2 bridgehead atoms. The van der Waals surface area contributed by atoms with Gasteiger partial charge in [0, 0.05) is 18.0 Å². The summed E-state index contributed by atoms with van der Waals surface area (Å²) in [5, 5.41) is 8.80. The van der Waals surface area contributed by atoms with Gasteiger partial charge in [-0.2, -0.15) is 13.2 Å². The second-order valence-electron chi connectivity index (χ2n) is 10.2. The van der Waals surface area contributed by atoms with Gasteiger partial charge in [-0.25, -0.2) is 0 Å². The number of ether oxygens (including phenoxy) is 1. The van der Waals surface area contributed by atoms with Crippen LogP contribution in [0.1, 0.15) is 75.2 Å². The summed E-state index contributed by atoms with van der Waals surface area (Å²) in [6.07, 6.45) is 3.32. The summed E-state index contributed by atoms with van der Waals surface area (Å²) in [6, 6.07) is 14.9. The van der Waals surface area contributed by atoms with E-state index in [1.807, 2.05) is 6.92 Å². The third-order valence-corrected chi connectivity index (χ3v) is 8.29. The fraction of sp³-hybridized carbons (Fsp3) is 0.500. The van der Waals surface area contributed by atoms with Crippen LogP contribution >= 0.6 is 0 Å². The summed E-state index contributed by atoms with van der Waals surface area (Å²) >= 11 is 0. The molecule has 0 atom stereocenters. The molecule has 0 spiro atoms. The number of aromatic nitrogens is 3. The van der Waals surface area contributed by atoms with E-state index in [4.69, 9.17) is 4.74 Å². The van der Waals surface area contributed by atoms with Gasteiger partial charge in [0.15, 0.2) is 5.82 Å². The lowest BCUT2D eigenvalue weighted by Gasteiger charge is -2.53. The minimum absolute atomic E-state index is 0.0447. The van der Waals surface area contributed by atoms with E-state index in [9.17, 15) is 13.2 Å². The van der Waals surface area contributed by atoms with Crippen LogP contribution in [0.3, 0.4) is 0 Å². The number of nitrogens with zero attached hydrogens (tertiary/aromatic N) is 3. The maximum Gasteiger partial charge on any atom is 0.417 e. The maximum atomic E-state index is 14.0. The molecule has 6 rings (SSSR count). The van der Waals surface area contributed by atoms with E-state index in [1.54, 1.807) is 17.7 Å². The van der Waals surface area contributed by atoms with Gasteiger partial charge in [-0.05, 0) is 74.1 Å². The van der Waals surface area contributed by atoms with E-state index in [2.05, 4.69) is 40.5 Å². The molecule has 4 nitrogen and oxygen atoms in total. The predicted octanol–water partition coefficient (Wildman–Crippen LogP) is 7.22. The monoisotopic (exact) mass is 483 g/mol. The molecule has 0 amide bonds. The topological polar surface area (TPSA) is 39.9 Å². The molecule has 0 unspecified atom stereocenters. The molecule has 3 fully saturated rings. The van der Waals surface area contributed by atoms with Crippen LogP contribution in [0.4, 0.5) is 13.2 Å². The van der Waals surface area contributed by atoms with Gasteiger partial charge in [-0.3, -0.25) is 0 Å².